The van der Waals surface area contributed by atoms with Crippen molar-refractivity contribution in [3.05, 3.63) is 28.8 Å². The van der Waals surface area contributed by atoms with Gasteiger partial charge in [0.25, 0.3) is 5.91 Å². The van der Waals surface area contributed by atoms with E-state index in [-0.39, 0.29) is 10.6 Å². The first-order valence-corrected chi connectivity index (χ1v) is 5.03. The van der Waals surface area contributed by atoms with Crippen LogP contribution in [0.1, 0.15) is 10.4 Å². The third-order valence-electron chi connectivity index (χ3n) is 1.94. The predicted molar refractivity (Wildman–Crippen MR) is 59.4 cm³/mol. The number of halogens is 4. The van der Waals surface area contributed by atoms with Gasteiger partial charge in [-0.1, -0.05) is 11.6 Å². The van der Waals surface area contributed by atoms with Crippen molar-refractivity contribution < 1.29 is 18.0 Å². The maximum Gasteiger partial charge on any atom is 0.405 e. The van der Waals surface area contributed by atoms with E-state index in [2.05, 4.69) is 5.32 Å². The molecule has 1 amide bonds. The largest absolute Gasteiger partial charge is 0.405 e. The molecule has 0 saturated carbocycles. The first kappa shape index (κ1) is 13.6. The molecule has 0 spiro atoms. The summed E-state index contributed by atoms with van der Waals surface area (Å²) in [6.07, 6.45) is -4.44. The molecule has 0 aliphatic rings. The van der Waals surface area contributed by atoms with E-state index >= 15 is 0 Å². The van der Waals surface area contributed by atoms with Gasteiger partial charge in [-0.25, -0.2) is 0 Å². The number of nitrogens with one attached hydrogen (secondary N) is 2. The molecule has 1 aromatic rings. The van der Waals surface area contributed by atoms with Gasteiger partial charge in [0.2, 0.25) is 0 Å². The Hall–Kier alpha value is -1.43. The molecule has 0 bridgehead atoms. The molecule has 0 aliphatic carbocycles. The van der Waals surface area contributed by atoms with Gasteiger partial charge in [-0.05, 0) is 18.2 Å². The van der Waals surface area contributed by atoms with Gasteiger partial charge in [-0.3, -0.25) is 4.79 Å². The highest BCUT2D eigenvalue weighted by atomic mass is 35.5. The van der Waals surface area contributed by atoms with Crippen molar-refractivity contribution in [1.29, 1.82) is 0 Å². The standard InChI is InChI=1S/C10H10ClF3N2O/c1-15-8-3-2-6(11)4-7(8)9(17)16-5-10(12,13)14/h2-4,15H,5H2,1H3,(H,16,17). The molecule has 0 radical (unpaired) electrons. The zero-order valence-electron chi connectivity index (χ0n) is 8.86. The Morgan fingerprint density at radius 1 is 1.41 bits per heavy atom. The highest BCUT2D eigenvalue weighted by molar-refractivity contribution is 6.31. The molecule has 0 saturated heterocycles. The van der Waals surface area contributed by atoms with E-state index in [4.69, 9.17) is 11.6 Å². The first-order chi connectivity index (χ1) is 7.83. The van der Waals surface area contributed by atoms with Crippen LogP contribution in [-0.4, -0.2) is 25.7 Å². The van der Waals surface area contributed by atoms with Gasteiger partial charge < -0.3 is 10.6 Å². The second kappa shape index (κ2) is 5.27. The van der Waals surface area contributed by atoms with E-state index in [0.29, 0.717) is 5.69 Å². The second-order valence-electron chi connectivity index (χ2n) is 3.24. The normalized spacial score (nSPS) is 11.1. The molecular weight excluding hydrogens is 257 g/mol. The van der Waals surface area contributed by atoms with Crippen molar-refractivity contribution in [2.75, 3.05) is 18.9 Å². The van der Waals surface area contributed by atoms with Crippen LogP contribution in [0.2, 0.25) is 5.02 Å². The lowest BCUT2D eigenvalue weighted by atomic mass is 10.1. The highest BCUT2D eigenvalue weighted by Gasteiger charge is 2.28. The van der Waals surface area contributed by atoms with Gasteiger partial charge in [-0.15, -0.1) is 0 Å². The number of anilines is 1. The molecule has 0 unspecified atom stereocenters. The summed E-state index contributed by atoms with van der Waals surface area (Å²) in [5, 5.41) is 4.76. The minimum Gasteiger partial charge on any atom is -0.387 e. The number of rotatable bonds is 3. The summed E-state index contributed by atoms with van der Waals surface area (Å²) in [5.74, 6) is -0.825. The number of carbonyl (C=O) groups excluding carboxylic acids is 1. The van der Waals surface area contributed by atoms with Crippen molar-refractivity contribution in [2.45, 2.75) is 6.18 Å². The average Bonchev–Trinajstić information content (AvgIpc) is 2.25. The molecule has 1 rings (SSSR count). The lowest BCUT2D eigenvalue weighted by Crippen LogP contribution is -2.34. The Morgan fingerprint density at radius 3 is 2.59 bits per heavy atom. The van der Waals surface area contributed by atoms with Crippen LogP contribution in [0.25, 0.3) is 0 Å². The van der Waals surface area contributed by atoms with Crippen molar-refractivity contribution in [3.63, 3.8) is 0 Å². The van der Waals surface area contributed by atoms with Crippen molar-refractivity contribution in [2.24, 2.45) is 0 Å². The molecule has 3 nitrogen and oxygen atoms in total. The zero-order chi connectivity index (χ0) is 13.1. The number of carbonyl (C=O) groups is 1. The number of hydrogen-bond donors (Lipinski definition) is 2. The monoisotopic (exact) mass is 266 g/mol. The van der Waals surface area contributed by atoms with Crippen molar-refractivity contribution in [1.82, 2.24) is 5.32 Å². The second-order valence-corrected chi connectivity index (χ2v) is 3.67. The van der Waals surface area contributed by atoms with Crippen LogP contribution in [-0.2, 0) is 0 Å². The SMILES string of the molecule is CNc1ccc(Cl)cc1C(=O)NCC(F)(F)F. The van der Waals surface area contributed by atoms with Gasteiger partial charge >= 0.3 is 6.18 Å². The van der Waals surface area contributed by atoms with Gasteiger partial charge in [0.1, 0.15) is 6.54 Å². The van der Waals surface area contributed by atoms with Gasteiger partial charge in [0.15, 0.2) is 0 Å². The summed E-state index contributed by atoms with van der Waals surface area (Å²) >= 11 is 5.68. The summed E-state index contributed by atoms with van der Waals surface area (Å²) in [5.41, 5.74) is 0.485. The van der Waals surface area contributed by atoms with E-state index in [9.17, 15) is 18.0 Å². The Labute approximate surface area is 101 Å². The molecule has 0 aromatic heterocycles. The lowest BCUT2D eigenvalue weighted by molar-refractivity contribution is -0.123. The topological polar surface area (TPSA) is 41.1 Å². The summed E-state index contributed by atoms with van der Waals surface area (Å²) in [6, 6.07) is 4.36. The quantitative estimate of drug-likeness (QED) is 0.883. The van der Waals surface area contributed by atoms with E-state index in [1.54, 1.807) is 12.4 Å². The fourth-order valence-electron chi connectivity index (χ4n) is 1.20. The van der Waals surface area contributed by atoms with Gasteiger partial charge in [0.05, 0.1) is 5.56 Å². The van der Waals surface area contributed by atoms with Crippen LogP contribution in [0.4, 0.5) is 18.9 Å². The molecule has 7 heteroatoms. The fraction of sp³-hybridized carbons (Fsp3) is 0.300. The zero-order valence-corrected chi connectivity index (χ0v) is 9.62. The first-order valence-electron chi connectivity index (χ1n) is 4.66. The molecule has 0 heterocycles. The number of alkyl halides is 3. The lowest BCUT2D eigenvalue weighted by Gasteiger charge is -2.11. The Morgan fingerprint density at radius 2 is 2.06 bits per heavy atom. The smallest absolute Gasteiger partial charge is 0.387 e. The van der Waals surface area contributed by atoms with E-state index in [1.165, 1.54) is 18.2 Å². The summed E-state index contributed by atoms with van der Waals surface area (Å²) in [6.45, 7) is -1.37. The third kappa shape index (κ3) is 4.14. The van der Waals surface area contributed by atoms with Crippen LogP contribution in [0, 0.1) is 0 Å². The minimum atomic E-state index is -4.44. The number of benzene rings is 1. The average molecular weight is 267 g/mol. The van der Waals surface area contributed by atoms with Crippen LogP contribution in [0.15, 0.2) is 18.2 Å². The van der Waals surface area contributed by atoms with Gasteiger partial charge in [0, 0.05) is 17.8 Å². The van der Waals surface area contributed by atoms with E-state index in [1.807, 2.05) is 0 Å². The number of hydrogen-bond acceptors (Lipinski definition) is 2. The summed E-state index contributed by atoms with van der Waals surface area (Å²) < 4.78 is 35.8. The van der Waals surface area contributed by atoms with Crippen LogP contribution >= 0.6 is 11.6 Å². The molecule has 94 valence electrons. The predicted octanol–water partition coefficient (Wildman–Crippen LogP) is 2.67. The molecule has 1 aromatic carbocycles. The molecular formula is C10H10ClF3N2O. The van der Waals surface area contributed by atoms with E-state index < -0.39 is 18.6 Å². The molecule has 2 N–H and O–H groups in total. The summed E-state index contributed by atoms with van der Waals surface area (Å²) in [7, 11) is 1.56. The van der Waals surface area contributed by atoms with Crippen molar-refractivity contribution >= 4 is 23.2 Å². The van der Waals surface area contributed by atoms with Crippen LogP contribution < -0.4 is 10.6 Å². The Kier molecular flexibility index (Phi) is 4.22. The number of amides is 1. The van der Waals surface area contributed by atoms with Crippen LogP contribution in [0.5, 0.6) is 0 Å². The fourth-order valence-corrected chi connectivity index (χ4v) is 1.37. The van der Waals surface area contributed by atoms with Gasteiger partial charge in [-0.2, -0.15) is 13.2 Å². The molecule has 17 heavy (non-hydrogen) atoms. The Bertz CT molecular complexity index is 421. The summed E-state index contributed by atoms with van der Waals surface area (Å²) in [4.78, 5) is 11.5. The maximum atomic E-state index is 11.9. The molecule has 0 fully saturated rings. The van der Waals surface area contributed by atoms with Crippen LogP contribution in [0.3, 0.4) is 0 Å². The van der Waals surface area contributed by atoms with E-state index in [0.717, 1.165) is 0 Å². The minimum absolute atomic E-state index is 0.0734. The Balaban J connectivity index is 2.84. The third-order valence-corrected chi connectivity index (χ3v) is 2.18. The maximum absolute atomic E-state index is 11.9. The molecule has 0 atom stereocenters. The molecule has 0 aliphatic heterocycles. The highest BCUT2D eigenvalue weighted by Crippen LogP contribution is 2.20. The van der Waals surface area contributed by atoms with Crippen molar-refractivity contribution in [3.8, 4) is 0 Å².